The van der Waals surface area contributed by atoms with Gasteiger partial charge in [-0.25, -0.2) is 9.97 Å². The maximum Gasteiger partial charge on any atom is 0.433 e. The van der Waals surface area contributed by atoms with Gasteiger partial charge in [0.05, 0.1) is 5.69 Å². The highest BCUT2D eigenvalue weighted by Gasteiger charge is 2.34. The van der Waals surface area contributed by atoms with E-state index in [2.05, 4.69) is 20.1 Å². The van der Waals surface area contributed by atoms with Crippen molar-refractivity contribution < 1.29 is 13.2 Å². The normalized spacial score (nSPS) is 14.4. The summed E-state index contributed by atoms with van der Waals surface area (Å²) < 4.78 is 41.7. The highest BCUT2D eigenvalue weighted by molar-refractivity contribution is 5.58. The van der Waals surface area contributed by atoms with Crippen LogP contribution in [0.5, 0.6) is 0 Å². The van der Waals surface area contributed by atoms with E-state index >= 15 is 0 Å². The van der Waals surface area contributed by atoms with Gasteiger partial charge in [-0.15, -0.1) is 0 Å². The van der Waals surface area contributed by atoms with Crippen molar-refractivity contribution in [3.63, 3.8) is 0 Å². The molecule has 6 nitrogen and oxygen atoms in total. The highest BCUT2D eigenvalue weighted by Crippen LogP contribution is 2.32. The molecular weight excluding hydrogens is 345 g/mol. The van der Waals surface area contributed by atoms with E-state index in [4.69, 9.17) is 0 Å². The Kier molecular flexibility index (Phi) is 3.86. The van der Waals surface area contributed by atoms with Gasteiger partial charge in [-0.2, -0.15) is 18.3 Å². The van der Waals surface area contributed by atoms with E-state index in [0.717, 1.165) is 17.3 Å². The van der Waals surface area contributed by atoms with Crippen LogP contribution in [0.15, 0.2) is 36.8 Å². The third-order valence-electron chi connectivity index (χ3n) is 4.24. The Morgan fingerprint density at radius 1 is 1.12 bits per heavy atom. The summed E-state index contributed by atoms with van der Waals surface area (Å²) in [7, 11) is 1.83. The number of aromatic nitrogens is 5. The Labute approximate surface area is 147 Å². The summed E-state index contributed by atoms with van der Waals surface area (Å²) >= 11 is 0. The largest absolute Gasteiger partial charge is 0.433 e. The van der Waals surface area contributed by atoms with Crippen molar-refractivity contribution in [2.45, 2.75) is 19.1 Å². The van der Waals surface area contributed by atoms with Gasteiger partial charge in [0.2, 0.25) is 0 Å². The molecule has 0 saturated heterocycles. The molecule has 1 aliphatic rings. The molecule has 3 aromatic rings. The number of alkyl halides is 3. The first-order valence-electron chi connectivity index (χ1n) is 8.03. The van der Waals surface area contributed by atoms with Gasteiger partial charge < -0.3 is 4.90 Å². The summed E-state index contributed by atoms with van der Waals surface area (Å²) in [5.41, 5.74) is 1.51. The molecule has 0 aromatic carbocycles. The number of pyridine rings is 1. The van der Waals surface area contributed by atoms with Crippen molar-refractivity contribution in [2.24, 2.45) is 7.05 Å². The average Bonchev–Trinajstić information content (AvgIpc) is 3.00. The molecule has 4 rings (SSSR count). The fourth-order valence-corrected chi connectivity index (χ4v) is 3.02. The van der Waals surface area contributed by atoms with Crippen LogP contribution in [0.2, 0.25) is 0 Å². The lowest BCUT2D eigenvalue weighted by Crippen LogP contribution is -2.31. The van der Waals surface area contributed by atoms with Crippen LogP contribution in [0, 0.1) is 0 Å². The zero-order chi connectivity index (χ0) is 18.3. The molecule has 0 bridgehead atoms. The van der Waals surface area contributed by atoms with Gasteiger partial charge in [-0.05, 0) is 12.1 Å². The van der Waals surface area contributed by atoms with Crippen LogP contribution >= 0.6 is 0 Å². The van der Waals surface area contributed by atoms with E-state index in [9.17, 15) is 13.2 Å². The van der Waals surface area contributed by atoms with Crippen LogP contribution in [0.4, 0.5) is 19.0 Å². The van der Waals surface area contributed by atoms with E-state index in [1.54, 1.807) is 16.8 Å². The zero-order valence-electron chi connectivity index (χ0n) is 13.9. The second kappa shape index (κ2) is 6.08. The Hall–Kier alpha value is -2.97. The van der Waals surface area contributed by atoms with Crippen molar-refractivity contribution in [3.05, 3.63) is 53.7 Å². The third kappa shape index (κ3) is 3.12. The SMILES string of the molecule is Cn1cc2c(n1)CCN(c1cc(C(F)(F)F)nc(-c3ccncc3)n1)C2. The first kappa shape index (κ1) is 16.5. The topological polar surface area (TPSA) is 59.7 Å². The molecule has 0 atom stereocenters. The van der Waals surface area contributed by atoms with Crippen molar-refractivity contribution in [3.8, 4) is 11.4 Å². The molecule has 134 valence electrons. The van der Waals surface area contributed by atoms with E-state index < -0.39 is 11.9 Å². The molecule has 0 N–H and O–H groups in total. The van der Waals surface area contributed by atoms with Crippen LogP contribution in [-0.2, 0) is 26.2 Å². The highest BCUT2D eigenvalue weighted by atomic mass is 19.4. The monoisotopic (exact) mass is 360 g/mol. The number of anilines is 1. The fraction of sp³-hybridized carbons (Fsp3) is 0.294. The Bertz CT molecular complexity index is 935. The van der Waals surface area contributed by atoms with Gasteiger partial charge in [0.15, 0.2) is 11.5 Å². The second-order valence-electron chi connectivity index (χ2n) is 6.11. The van der Waals surface area contributed by atoms with Gasteiger partial charge in [0, 0.05) is 62.3 Å². The zero-order valence-corrected chi connectivity index (χ0v) is 13.9. The lowest BCUT2D eigenvalue weighted by Gasteiger charge is -2.28. The minimum atomic E-state index is -4.55. The van der Waals surface area contributed by atoms with E-state index in [1.165, 1.54) is 12.4 Å². The molecule has 0 fully saturated rings. The van der Waals surface area contributed by atoms with Gasteiger partial charge in [-0.3, -0.25) is 9.67 Å². The molecule has 0 aliphatic carbocycles. The number of halogens is 3. The number of hydrogen-bond donors (Lipinski definition) is 0. The quantitative estimate of drug-likeness (QED) is 0.703. The molecule has 0 amide bonds. The predicted molar refractivity (Wildman–Crippen MR) is 88.2 cm³/mol. The van der Waals surface area contributed by atoms with Crippen LogP contribution < -0.4 is 4.90 Å². The van der Waals surface area contributed by atoms with E-state index in [-0.39, 0.29) is 11.6 Å². The molecular formula is C17H15F3N6. The molecule has 3 aromatic heterocycles. The Morgan fingerprint density at radius 3 is 2.62 bits per heavy atom. The molecule has 0 saturated carbocycles. The van der Waals surface area contributed by atoms with Gasteiger partial charge in [0.25, 0.3) is 0 Å². The van der Waals surface area contributed by atoms with Crippen molar-refractivity contribution in [1.82, 2.24) is 24.7 Å². The summed E-state index contributed by atoms with van der Waals surface area (Å²) in [6.07, 6.45) is 1.00. The van der Waals surface area contributed by atoms with Crippen molar-refractivity contribution in [1.29, 1.82) is 0 Å². The van der Waals surface area contributed by atoms with Crippen LogP contribution in [-0.4, -0.2) is 31.3 Å². The van der Waals surface area contributed by atoms with Gasteiger partial charge in [0.1, 0.15) is 5.82 Å². The summed E-state index contributed by atoms with van der Waals surface area (Å²) in [6, 6.07) is 4.19. The second-order valence-corrected chi connectivity index (χ2v) is 6.11. The van der Waals surface area contributed by atoms with Crippen molar-refractivity contribution >= 4 is 5.82 Å². The van der Waals surface area contributed by atoms with Gasteiger partial charge in [-0.1, -0.05) is 0 Å². The summed E-state index contributed by atoms with van der Waals surface area (Å²) in [5, 5.41) is 4.37. The molecule has 0 spiro atoms. The van der Waals surface area contributed by atoms with Crippen LogP contribution in [0.1, 0.15) is 17.0 Å². The fourth-order valence-electron chi connectivity index (χ4n) is 3.02. The summed E-state index contributed by atoms with van der Waals surface area (Å²) in [6.45, 7) is 1.02. The number of nitrogens with zero attached hydrogens (tertiary/aromatic N) is 6. The molecule has 9 heteroatoms. The maximum atomic E-state index is 13.3. The number of fused-ring (bicyclic) bond motifs is 1. The molecule has 0 radical (unpaired) electrons. The average molecular weight is 360 g/mol. The smallest absolute Gasteiger partial charge is 0.352 e. The summed E-state index contributed by atoms with van der Waals surface area (Å²) in [4.78, 5) is 13.8. The van der Waals surface area contributed by atoms with Crippen LogP contribution in [0.25, 0.3) is 11.4 Å². The number of hydrogen-bond acceptors (Lipinski definition) is 5. The number of rotatable bonds is 2. The van der Waals surface area contributed by atoms with E-state index in [1.807, 2.05) is 18.1 Å². The number of aryl methyl sites for hydroxylation is 1. The minimum Gasteiger partial charge on any atom is -0.352 e. The molecule has 0 unspecified atom stereocenters. The lowest BCUT2D eigenvalue weighted by atomic mass is 10.1. The van der Waals surface area contributed by atoms with Crippen molar-refractivity contribution in [2.75, 3.05) is 11.4 Å². The standard InChI is InChI=1S/C17H15F3N6/c1-25-9-12-10-26(7-4-13(12)24-25)15-8-14(17(18,19)20)22-16(23-15)11-2-5-21-6-3-11/h2-3,5-6,8-9H,4,7,10H2,1H3. The molecule has 26 heavy (non-hydrogen) atoms. The maximum absolute atomic E-state index is 13.3. The van der Waals surface area contributed by atoms with Crippen LogP contribution in [0.3, 0.4) is 0 Å². The third-order valence-corrected chi connectivity index (χ3v) is 4.24. The first-order valence-corrected chi connectivity index (χ1v) is 8.03. The van der Waals surface area contributed by atoms with Gasteiger partial charge >= 0.3 is 6.18 Å². The lowest BCUT2D eigenvalue weighted by molar-refractivity contribution is -0.141. The molecule has 1 aliphatic heterocycles. The minimum absolute atomic E-state index is 0.0363. The Morgan fingerprint density at radius 2 is 1.88 bits per heavy atom. The Balaban J connectivity index is 1.76. The first-order chi connectivity index (χ1) is 12.4. The summed E-state index contributed by atoms with van der Waals surface area (Å²) in [5.74, 6) is 0.294. The molecule has 4 heterocycles. The van der Waals surface area contributed by atoms with E-state index in [0.29, 0.717) is 25.1 Å². The predicted octanol–water partition coefficient (Wildman–Crippen LogP) is 2.85.